The maximum atomic E-state index is 9.90. The van der Waals surface area contributed by atoms with Crippen LogP contribution in [-0.2, 0) is 4.74 Å². The Labute approximate surface area is 136 Å². The fraction of sp³-hybridized carbons (Fsp3) is 0.250. The molecule has 2 aromatic carbocycles. The summed E-state index contributed by atoms with van der Waals surface area (Å²) in [6.45, 7) is 0.444. The molecular formula is C20H20O3. The molecule has 1 atom stereocenters. The molecule has 0 fully saturated rings. The van der Waals surface area contributed by atoms with Crippen molar-refractivity contribution in [2.24, 2.45) is 0 Å². The second-order valence-corrected chi connectivity index (χ2v) is 5.48. The lowest BCUT2D eigenvalue weighted by Gasteiger charge is -2.14. The number of hydrogen-bond acceptors (Lipinski definition) is 3. The Kier molecular flexibility index (Phi) is 5.15. The van der Waals surface area contributed by atoms with Crippen LogP contribution in [0.25, 0.3) is 11.1 Å². The largest absolute Gasteiger partial charge is 0.491 e. The summed E-state index contributed by atoms with van der Waals surface area (Å²) in [7, 11) is 0. The van der Waals surface area contributed by atoms with Gasteiger partial charge in [-0.3, -0.25) is 0 Å². The molecule has 118 valence electrons. The Hall–Kier alpha value is -2.48. The molecule has 1 unspecified atom stereocenters. The van der Waals surface area contributed by atoms with Crippen LogP contribution >= 0.6 is 0 Å². The zero-order valence-corrected chi connectivity index (χ0v) is 12.9. The lowest BCUT2D eigenvalue weighted by molar-refractivity contribution is 0.0363. The minimum absolute atomic E-state index is 0.210. The van der Waals surface area contributed by atoms with E-state index >= 15 is 0 Å². The zero-order chi connectivity index (χ0) is 15.9. The second-order valence-electron chi connectivity index (χ2n) is 5.48. The molecule has 3 heteroatoms. The van der Waals surface area contributed by atoms with Crippen molar-refractivity contribution in [3.63, 3.8) is 0 Å². The van der Waals surface area contributed by atoms with E-state index in [0.717, 1.165) is 29.9 Å². The lowest BCUT2D eigenvalue weighted by atomic mass is 10.1. The van der Waals surface area contributed by atoms with E-state index in [4.69, 9.17) is 9.47 Å². The summed E-state index contributed by atoms with van der Waals surface area (Å²) >= 11 is 0. The van der Waals surface area contributed by atoms with Gasteiger partial charge in [0, 0.05) is 6.42 Å². The van der Waals surface area contributed by atoms with Crippen LogP contribution in [-0.4, -0.2) is 24.4 Å². The van der Waals surface area contributed by atoms with E-state index in [1.807, 2.05) is 48.5 Å². The first-order chi connectivity index (χ1) is 11.3. The molecular weight excluding hydrogens is 288 g/mol. The van der Waals surface area contributed by atoms with Gasteiger partial charge in [-0.05, 0) is 35.8 Å². The minimum Gasteiger partial charge on any atom is -0.491 e. The molecule has 2 aromatic rings. The average Bonchev–Trinajstić information content (AvgIpc) is 3.13. The van der Waals surface area contributed by atoms with Crippen LogP contribution in [0.2, 0.25) is 0 Å². The van der Waals surface area contributed by atoms with E-state index in [0.29, 0.717) is 0 Å². The van der Waals surface area contributed by atoms with Crippen LogP contribution in [0.4, 0.5) is 0 Å². The molecule has 1 aliphatic carbocycles. The summed E-state index contributed by atoms with van der Waals surface area (Å²) in [4.78, 5) is 0. The first-order valence-corrected chi connectivity index (χ1v) is 7.84. The topological polar surface area (TPSA) is 38.7 Å². The van der Waals surface area contributed by atoms with Crippen molar-refractivity contribution in [2.75, 3.05) is 13.2 Å². The second kappa shape index (κ2) is 7.68. The van der Waals surface area contributed by atoms with Crippen molar-refractivity contribution < 1.29 is 14.6 Å². The van der Waals surface area contributed by atoms with Gasteiger partial charge in [0.15, 0.2) is 0 Å². The molecule has 0 radical (unpaired) electrons. The number of hydrogen-bond donors (Lipinski definition) is 1. The van der Waals surface area contributed by atoms with E-state index in [-0.39, 0.29) is 13.2 Å². The van der Waals surface area contributed by atoms with Crippen LogP contribution in [0, 0.1) is 0 Å². The molecule has 0 bridgehead atoms. The van der Waals surface area contributed by atoms with Crippen molar-refractivity contribution >= 4 is 0 Å². The van der Waals surface area contributed by atoms with E-state index < -0.39 is 6.10 Å². The zero-order valence-electron chi connectivity index (χ0n) is 12.9. The molecule has 1 N–H and O–H groups in total. The van der Waals surface area contributed by atoms with Gasteiger partial charge >= 0.3 is 0 Å². The van der Waals surface area contributed by atoms with Crippen LogP contribution in [0.5, 0.6) is 5.75 Å². The van der Waals surface area contributed by atoms with Crippen molar-refractivity contribution in [2.45, 2.75) is 18.9 Å². The fourth-order valence-electron chi connectivity index (χ4n) is 2.39. The van der Waals surface area contributed by atoms with E-state index in [1.54, 1.807) is 0 Å². The number of ether oxygens (including phenoxy) is 2. The number of benzene rings is 2. The number of aliphatic hydroxyl groups excluding tert-OH is 1. The van der Waals surface area contributed by atoms with Gasteiger partial charge in [-0.25, -0.2) is 0 Å². The summed E-state index contributed by atoms with van der Waals surface area (Å²) in [5.41, 5.74) is 5.34. The molecule has 0 saturated carbocycles. The number of allylic oxidation sites excluding steroid dienone is 1. The molecule has 0 aromatic heterocycles. The summed E-state index contributed by atoms with van der Waals surface area (Å²) in [5.74, 6) is 1.56. The first kappa shape index (κ1) is 15.4. The van der Waals surface area contributed by atoms with Gasteiger partial charge in [0.2, 0.25) is 0 Å². The van der Waals surface area contributed by atoms with Crippen molar-refractivity contribution in [1.29, 1.82) is 0 Å². The smallest absolute Gasteiger partial charge is 0.138 e. The third kappa shape index (κ3) is 4.49. The van der Waals surface area contributed by atoms with Crippen molar-refractivity contribution in [3.05, 3.63) is 72.2 Å². The van der Waals surface area contributed by atoms with E-state index in [2.05, 4.69) is 17.9 Å². The lowest BCUT2D eigenvalue weighted by Crippen LogP contribution is -2.23. The van der Waals surface area contributed by atoms with Crippen LogP contribution < -0.4 is 4.74 Å². The standard InChI is InChI=1S/C20H20O3/c21-18(14-22-19-8-4-5-9-19)15-23-20-12-10-17(11-13-20)16-6-2-1-3-7-16/h1-4,6-7,10-13,18,21H,5,9,14-15H2. The number of rotatable bonds is 7. The third-order valence-electron chi connectivity index (χ3n) is 3.63. The molecule has 0 amide bonds. The quantitative estimate of drug-likeness (QED) is 0.787. The normalized spacial score (nSPS) is 14.4. The van der Waals surface area contributed by atoms with Crippen LogP contribution in [0.1, 0.15) is 12.8 Å². The predicted molar refractivity (Wildman–Crippen MR) is 90.2 cm³/mol. The molecule has 3 rings (SSSR count). The van der Waals surface area contributed by atoms with Gasteiger partial charge < -0.3 is 14.6 Å². The van der Waals surface area contributed by atoms with Gasteiger partial charge in [-0.2, -0.15) is 0 Å². The predicted octanol–water partition coefficient (Wildman–Crippen LogP) is 3.94. The highest BCUT2D eigenvalue weighted by molar-refractivity contribution is 5.63. The highest BCUT2D eigenvalue weighted by atomic mass is 16.5. The fourth-order valence-corrected chi connectivity index (χ4v) is 2.39. The molecule has 0 aliphatic heterocycles. The summed E-state index contributed by atoms with van der Waals surface area (Å²) in [6, 6.07) is 18.0. The van der Waals surface area contributed by atoms with Gasteiger partial charge in [0.1, 0.15) is 30.8 Å². The molecule has 23 heavy (non-hydrogen) atoms. The maximum absolute atomic E-state index is 9.90. The maximum Gasteiger partial charge on any atom is 0.138 e. The van der Waals surface area contributed by atoms with Crippen molar-refractivity contribution in [3.8, 4) is 16.9 Å². The third-order valence-corrected chi connectivity index (χ3v) is 3.63. The SMILES string of the molecule is OC(COC1=C=CCC1)COc1ccc(-c2ccccc2)cc1. The highest BCUT2D eigenvalue weighted by Crippen LogP contribution is 2.22. The Morgan fingerprint density at radius 2 is 1.61 bits per heavy atom. The number of aliphatic hydroxyl groups is 1. The molecule has 0 heterocycles. The Bertz CT molecular complexity index is 683. The van der Waals surface area contributed by atoms with Crippen LogP contribution in [0.3, 0.4) is 0 Å². The molecule has 1 aliphatic rings. The van der Waals surface area contributed by atoms with Gasteiger partial charge in [0.05, 0.1) is 0 Å². The van der Waals surface area contributed by atoms with Gasteiger partial charge in [-0.15, -0.1) is 0 Å². The van der Waals surface area contributed by atoms with Gasteiger partial charge in [-0.1, -0.05) is 48.2 Å². The average molecular weight is 308 g/mol. The molecule has 0 saturated heterocycles. The summed E-state index contributed by atoms with van der Waals surface area (Å²) in [5, 5.41) is 9.90. The van der Waals surface area contributed by atoms with Crippen LogP contribution in [0.15, 0.2) is 72.2 Å². The Balaban J connectivity index is 1.47. The first-order valence-electron chi connectivity index (χ1n) is 7.84. The van der Waals surface area contributed by atoms with Gasteiger partial charge in [0.25, 0.3) is 0 Å². The van der Waals surface area contributed by atoms with Crippen molar-refractivity contribution in [1.82, 2.24) is 0 Å². The summed E-state index contributed by atoms with van der Waals surface area (Å²) < 4.78 is 11.1. The minimum atomic E-state index is -0.654. The van der Waals surface area contributed by atoms with E-state index in [1.165, 1.54) is 5.56 Å². The Morgan fingerprint density at radius 1 is 0.913 bits per heavy atom. The monoisotopic (exact) mass is 308 g/mol. The molecule has 0 spiro atoms. The molecule has 3 nitrogen and oxygen atoms in total. The van der Waals surface area contributed by atoms with E-state index in [9.17, 15) is 5.11 Å². The highest BCUT2D eigenvalue weighted by Gasteiger charge is 2.09. The Morgan fingerprint density at radius 3 is 2.30 bits per heavy atom. The summed E-state index contributed by atoms with van der Waals surface area (Å²) in [6.07, 6.45) is 3.13.